The lowest BCUT2D eigenvalue weighted by molar-refractivity contribution is 0.246. The van der Waals surface area contributed by atoms with Crippen LogP contribution in [0.3, 0.4) is 0 Å². The number of pyridine rings is 1. The van der Waals surface area contributed by atoms with Crippen LogP contribution in [0, 0.1) is 6.92 Å². The number of anilines is 2. The molecule has 1 fully saturated rings. The summed E-state index contributed by atoms with van der Waals surface area (Å²) in [4.78, 5) is 21.3. The zero-order valence-corrected chi connectivity index (χ0v) is 16.8. The van der Waals surface area contributed by atoms with Gasteiger partial charge in [-0.2, -0.15) is 4.98 Å². The van der Waals surface area contributed by atoms with E-state index in [0.717, 1.165) is 51.5 Å². The molecule has 4 rings (SSSR count). The van der Waals surface area contributed by atoms with Crippen LogP contribution in [0.2, 0.25) is 0 Å². The zero-order valence-electron chi connectivity index (χ0n) is 16.8. The topological polar surface area (TPSA) is 48.4 Å². The normalized spacial score (nSPS) is 17.7. The standard InChI is InChI=1S/C21H30N6/c1-16-7-6-10-22-19(16)15-26-11-13-27(14-12-26)20-17-8-4-5-9-18(17)23-21(24-20)25(2)3/h6-7,10H,4-5,8-9,11-15H2,1-3H3. The smallest absolute Gasteiger partial charge is 0.227 e. The van der Waals surface area contributed by atoms with Crippen LogP contribution in [-0.4, -0.2) is 60.1 Å². The minimum atomic E-state index is 0.845. The highest BCUT2D eigenvalue weighted by Gasteiger charge is 2.25. The maximum Gasteiger partial charge on any atom is 0.227 e. The summed E-state index contributed by atoms with van der Waals surface area (Å²) in [5.74, 6) is 2.02. The van der Waals surface area contributed by atoms with Gasteiger partial charge in [-0.1, -0.05) is 6.07 Å². The van der Waals surface area contributed by atoms with Crippen LogP contribution in [0.25, 0.3) is 0 Å². The van der Waals surface area contributed by atoms with Crippen molar-refractivity contribution in [3.63, 3.8) is 0 Å². The molecule has 27 heavy (non-hydrogen) atoms. The number of hydrogen-bond donors (Lipinski definition) is 0. The number of rotatable bonds is 4. The van der Waals surface area contributed by atoms with Crippen molar-refractivity contribution in [2.75, 3.05) is 50.1 Å². The molecule has 0 aromatic carbocycles. The molecule has 6 nitrogen and oxygen atoms in total. The molecule has 144 valence electrons. The SMILES string of the molecule is Cc1cccnc1CN1CCN(c2nc(N(C)C)nc3c2CCCC3)CC1. The van der Waals surface area contributed by atoms with E-state index in [0.29, 0.717) is 0 Å². The number of piperazine rings is 1. The lowest BCUT2D eigenvalue weighted by Gasteiger charge is -2.37. The Kier molecular flexibility index (Phi) is 5.25. The number of nitrogens with zero attached hydrogens (tertiary/aromatic N) is 6. The number of fused-ring (bicyclic) bond motifs is 1. The Morgan fingerprint density at radius 2 is 1.81 bits per heavy atom. The summed E-state index contributed by atoms with van der Waals surface area (Å²) in [5.41, 5.74) is 5.13. The molecular weight excluding hydrogens is 336 g/mol. The molecule has 1 aliphatic heterocycles. The van der Waals surface area contributed by atoms with E-state index in [1.54, 1.807) is 0 Å². The fourth-order valence-corrected chi connectivity index (χ4v) is 4.04. The number of aromatic nitrogens is 3. The zero-order chi connectivity index (χ0) is 18.8. The summed E-state index contributed by atoms with van der Waals surface area (Å²) in [7, 11) is 4.06. The molecule has 1 aliphatic carbocycles. The number of aryl methyl sites for hydroxylation is 2. The monoisotopic (exact) mass is 366 g/mol. The quantitative estimate of drug-likeness (QED) is 0.828. The molecular formula is C21H30N6. The molecule has 2 aromatic heterocycles. The summed E-state index contributed by atoms with van der Waals surface area (Å²) in [6.07, 6.45) is 6.60. The van der Waals surface area contributed by atoms with Gasteiger partial charge >= 0.3 is 0 Å². The molecule has 0 amide bonds. The van der Waals surface area contributed by atoms with Gasteiger partial charge in [-0.25, -0.2) is 4.98 Å². The first-order valence-electron chi connectivity index (χ1n) is 10.1. The van der Waals surface area contributed by atoms with Crippen molar-refractivity contribution in [3.05, 3.63) is 40.8 Å². The van der Waals surface area contributed by atoms with Gasteiger partial charge in [-0.15, -0.1) is 0 Å². The largest absolute Gasteiger partial charge is 0.354 e. The highest BCUT2D eigenvalue weighted by molar-refractivity contribution is 5.54. The molecule has 1 saturated heterocycles. The van der Waals surface area contributed by atoms with Gasteiger partial charge in [0, 0.05) is 58.6 Å². The van der Waals surface area contributed by atoms with Gasteiger partial charge in [0.25, 0.3) is 0 Å². The second-order valence-electron chi connectivity index (χ2n) is 7.90. The Morgan fingerprint density at radius 3 is 2.56 bits per heavy atom. The van der Waals surface area contributed by atoms with E-state index in [-0.39, 0.29) is 0 Å². The first-order valence-corrected chi connectivity index (χ1v) is 10.1. The third-order valence-corrected chi connectivity index (χ3v) is 5.71. The lowest BCUT2D eigenvalue weighted by atomic mass is 9.96. The molecule has 0 N–H and O–H groups in total. The Balaban J connectivity index is 1.49. The Hall–Kier alpha value is -2.21. The highest BCUT2D eigenvalue weighted by Crippen LogP contribution is 2.30. The highest BCUT2D eigenvalue weighted by atomic mass is 15.3. The van der Waals surface area contributed by atoms with Gasteiger partial charge in [0.1, 0.15) is 5.82 Å². The fourth-order valence-electron chi connectivity index (χ4n) is 4.04. The van der Waals surface area contributed by atoms with Gasteiger partial charge in [0.2, 0.25) is 5.95 Å². The minimum absolute atomic E-state index is 0.845. The molecule has 2 aliphatic rings. The molecule has 6 heteroatoms. The average Bonchev–Trinajstić information content (AvgIpc) is 2.69. The third kappa shape index (κ3) is 3.90. The molecule has 0 bridgehead atoms. The Morgan fingerprint density at radius 1 is 1.04 bits per heavy atom. The van der Waals surface area contributed by atoms with Gasteiger partial charge < -0.3 is 9.80 Å². The molecule has 0 unspecified atom stereocenters. The van der Waals surface area contributed by atoms with Crippen LogP contribution >= 0.6 is 0 Å². The first kappa shape index (κ1) is 18.2. The summed E-state index contributed by atoms with van der Waals surface area (Å²) in [6.45, 7) is 7.21. The van der Waals surface area contributed by atoms with Crippen molar-refractivity contribution in [1.29, 1.82) is 0 Å². The van der Waals surface area contributed by atoms with Crippen LogP contribution < -0.4 is 9.80 Å². The molecule has 3 heterocycles. The van der Waals surface area contributed by atoms with Crippen LogP contribution in [-0.2, 0) is 19.4 Å². The Bertz CT molecular complexity index is 795. The van der Waals surface area contributed by atoms with Crippen molar-refractivity contribution in [1.82, 2.24) is 19.9 Å². The predicted molar refractivity (Wildman–Crippen MR) is 109 cm³/mol. The van der Waals surface area contributed by atoms with E-state index in [1.807, 2.05) is 31.3 Å². The van der Waals surface area contributed by atoms with Crippen LogP contribution in [0.4, 0.5) is 11.8 Å². The fraction of sp³-hybridized carbons (Fsp3) is 0.571. The summed E-state index contributed by atoms with van der Waals surface area (Å²) in [6, 6.07) is 4.16. The summed E-state index contributed by atoms with van der Waals surface area (Å²) in [5, 5.41) is 0. The van der Waals surface area contributed by atoms with Crippen molar-refractivity contribution < 1.29 is 0 Å². The van der Waals surface area contributed by atoms with E-state index in [4.69, 9.17) is 9.97 Å². The van der Waals surface area contributed by atoms with Crippen LogP contribution in [0.1, 0.15) is 35.4 Å². The maximum atomic E-state index is 4.94. The van der Waals surface area contributed by atoms with Crippen molar-refractivity contribution >= 4 is 11.8 Å². The van der Waals surface area contributed by atoms with E-state index >= 15 is 0 Å². The second-order valence-corrected chi connectivity index (χ2v) is 7.90. The van der Waals surface area contributed by atoms with Gasteiger partial charge in [0.05, 0.1) is 11.4 Å². The molecule has 0 spiro atoms. The molecule has 0 atom stereocenters. The molecule has 0 saturated carbocycles. The molecule has 0 radical (unpaired) electrons. The van der Waals surface area contributed by atoms with Crippen molar-refractivity contribution in [2.24, 2.45) is 0 Å². The van der Waals surface area contributed by atoms with E-state index < -0.39 is 0 Å². The summed E-state index contributed by atoms with van der Waals surface area (Å²) >= 11 is 0. The summed E-state index contributed by atoms with van der Waals surface area (Å²) < 4.78 is 0. The van der Waals surface area contributed by atoms with Crippen LogP contribution in [0.15, 0.2) is 18.3 Å². The third-order valence-electron chi connectivity index (χ3n) is 5.71. The van der Waals surface area contributed by atoms with Gasteiger partial charge in [-0.05, 0) is 44.2 Å². The van der Waals surface area contributed by atoms with E-state index in [1.165, 1.54) is 41.2 Å². The van der Waals surface area contributed by atoms with E-state index in [2.05, 4.69) is 27.8 Å². The second kappa shape index (κ2) is 7.80. The van der Waals surface area contributed by atoms with E-state index in [9.17, 15) is 0 Å². The molecule has 2 aromatic rings. The number of hydrogen-bond acceptors (Lipinski definition) is 6. The lowest BCUT2D eigenvalue weighted by Crippen LogP contribution is -2.47. The van der Waals surface area contributed by atoms with Crippen molar-refractivity contribution in [2.45, 2.75) is 39.2 Å². The minimum Gasteiger partial charge on any atom is -0.354 e. The average molecular weight is 367 g/mol. The first-order chi connectivity index (χ1) is 13.1. The van der Waals surface area contributed by atoms with Crippen molar-refractivity contribution in [3.8, 4) is 0 Å². The maximum absolute atomic E-state index is 4.94. The van der Waals surface area contributed by atoms with Gasteiger partial charge in [-0.3, -0.25) is 9.88 Å². The van der Waals surface area contributed by atoms with Gasteiger partial charge in [0.15, 0.2) is 0 Å². The predicted octanol–water partition coefficient (Wildman–Crippen LogP) is 2.45. The Labute approximate surface area is 162 Å². The van der Waals surface area contributed by atoms with Crippen LogP contribution in [0.5, 0.6) is 0 Å².